The first-order valence-corrected chi connectivity index (χ1v) is 7.22. The molecule has 0 aliphatic heterocycles. The number of hydrogen-bond donors (Lipinski definition) is 0. The van der Waals surface area contributed by atoms with Crippen LogP contribution >= 0.6 is 0 Å². The predicted molar refractivity (Wildman–Crippen MR) is 73.2 cm³/mol. The molecule has 6 heteroatoms. The van der Waals surface area contributed by atoms with Gasteiger partial charge < -0.3 is 9.47 Å². The first-order chi connectivity index (χ1) is 9.06. The second kappa shape index (κ2) is 7.40. The average Bonchev–Trinajstić information content (AvgIpc) is 2.44. The maximum Gasteiger partial charge on any atom is 0.243 e. The molecule has 0 unspecified atom stereocenters. The van der Waals surface area contributed by atoms with Gasteiger partial charge in [-0.3, -0.25) is 0 Å². The maximum atomic E-state index is 12.5. The van der Waals surface area contributed by atoms with E-state index in [1.807, 2.05) is 0 Å². The summed E-state index contributed by atoms with van der Waals surface area (Å²) in [5.41, 5.74) is 0. The van der Waals surface area contributed by atoms with Gasteiger partial charge in [0.1, 0.15) is 0 Å². The summed E-state index contributed by atoms with van der Waals surface area (Å²) < 4.78 is 36.3. The van der Waals surface area contributed by atoms with Crippen LogP contribution in [-0.4, -0.2) is 46.3 Å². The number of sulfonamides is 1. The Labute approximate surface area is 114 Å². The molecule has 1 aromatic rings. The van der Waals surface area contributed by atoms with Crippen LogP contribution in [-0.2, 0) is 19.5 Å². The van der Waals surface area contributed by atoms with E-state index in [9.17, 15) is 8.42 Å². The lowest BCUT2D eigenvalue weighted by Crippen LogP contribution is -2.39. The van der Waals surface area contributed by atoms with E-state index in [-0.39, 0.29) is 18.0 Å². The summed E-state index contributed by atoms with van der Waals surface area (Å²) in [6.07, 6.45) is 0.918. The lowest BCUT2D eigenvalue weighted by molar-refractivity contribution is -0.107. The molecule has 0 fully saturated rings. The Balaban J connectivity index is 3.01. The molecule has 1 rings (SSSR count). The molecule has 0 aliphatic carbocycles. The highest BCUT2D eigenvalue weighted by molar-refractivity contribution is 7.89. The molecule has 5 nitrogen and oxygen atoms in total. The third-order valence-electron chi connectivity index (χ3n) is 2.59. The maximum absolute atomic E-state index is 12.5. The van der Waals surface area contributed by atoms with Crippen molar-refractivity contribution in [3.05, 3.63) is 43.0 Å². The summed E-state index contributed by atoms with van der Waals surface area (Å²) in [5, 5.41) is 0. The molecule has 0 radical (unpaired) electrons. The fourth-order valence-electron chi connectivity index (χ4n) is 1.57. The van der Waals surface area contributed by atoms with Gasteiger partial charge in [-0.05, 0) is 12.1 Å². The minimum atomic E-state index is -3.58. The van der Waals surface area contributed by atoms with Gasteiger partial charge in [-0.2, -0.15) is 4.31 Å². The first kappa shape index (κ1) is 15.8. The quantitative estimate of drug-likeness (QED) is 0.536. The summed E-state index contributed by atoms with van der Waals surface area (Å²) >= 11 is 0. The van der Waals surface area contributed by atoms with Crippen LogP contribution in [0.1, 0.15) is 0 Å². The van der Waals surface area contributed by atoms with Gasteiger partial charge in [0.05, 0.1) is 11.4 Å². The highest BCUT2D eigenvalue weighted by Gasteiger charge is 2.26. The molecule has 0 heterocycles. The zero-order valence-corrected chi connectivity index (χ0v) is 12.0. The number of nitrogens with zero attached hydrogens (tertiary/aromatic N) is 1. The van der Waals surface area contributed by atoms with Crippen molar-refractivity contribution in [2.24, 2.45) is 0 Å². The Morgan fingerprint density at radius 2 is 1.84 bits per heavy atom. The average molecular weight is 285 g/mol. The Kier molecular flexibility index (Phi) is 6.17. The van der Waals surface area contributed by atoms with Crippen LogP contribution in [0, 0.1) is 0 Å². The van der Waals surface area contributed by atoms with Crippen LogP contribution < -0.4 is 0 Å². The van der Waals surface area contributed by atoms with Crippen molar-refractivity contribution in [1.29, 1.82) is 0 Å². The molecule has 0 saturated heterocycles. The normalized spacial score (nSPS) is 12.0. The summed E-state index contributed by atoms with van der Waals surface area (Å²) in [7, 11) is -0.641. The smallest absolute Gasteiger partial charge is 0.243 e. The Morgan fingerprint density at radius 1 is 1.26 bits per heavy atom. The van der Waals surface area contributed by atoms with E-state index in [0.717, 1.165) is 0 Å². The topological polar surface area (TPSA) is 55.8 Å². The Bertz CT molecular complexity index is 483. The molecule has 0 atom stereocenters. The van der Waals surface area contributed by atoms with Gasteiger partial charge >= 0.3 is 0 Å². The molecule has 0 spiro atoms. The van der Waals surface area contributed by atoms with Gasteiger partial charge in [0.2, 0.25) is 10.0 Å². The van der Waals surface area contributed by atoms with Gasteiger partial charge in [0.15, 0.2) is 6.29 Å². The largest absolute Gasteiger partial charge is 0.354 e. The van der Waals surface area contributed by atoms with Crippen LogP contribution in [0.15, 0.2) is 47.9 Å². The van der Waals surface area contributed by atoms with Crippen molar-refractivity contribution in [3.8, 4) is 0 Å². The minimum Gasteiger partial charge on any atom is -0.354 e. The molecule has 0 saturated carbocycles. The van der Waals surface area contributed by atoms with Crippen molar-refractivity contribution >= 4 is 10.0 Å². The van der Waals surface area contributed by atoms with E-state index in [0.29, 0.717) is 0 Å². The van der Waals surface area contributed by atoms with Gasteiger partial charge in [0, 0.05) is 20.8 Å². The van der Waals surface area contributed by atoms with E-state index in [4.69, 9.17) is 9.47 Å². The number of ether oxygens (including phenoxy) is 2. The van der Waals surface area contributed by atoms with E-state index in [2.05, 4.69) is 6.58 Å². The van der Waals surface area contributed by atoms with Crippen molar-refractivity contribution in [2.45, 2.75) is 11.2 Å². The molecular formula is C13H19NO4S. The fraction of sp³-hybridized carbons (Fsp3) is 0.385. The fourth-order valence-corrected chi connectivity index (χ4v) is 2.99. The summed E-state index contributed by atoms with van der Waals surface area (Å²) in [6, 6.07) is 8.25. The molecule has 0 aromatic heterocycles. The number of methoxy groups -OCH3 is 2. The van der Waals surface area contributed by atoms with E-state index in [1.54, 1.807) is 30.3 Å². The number of hydrogen-bond acceptors (Lipinski definition) is 4. The van der Waals surface area contributed by atoms with Crippen LogP contribution in [0.2, 0.25) is 0 Å². The molecule has 0 amide bonds. The summed E-state index contributed by atoms with van der Waals surface area (Å²) in [6.45, 7) is 3.88. The van der Waals surface area contributed by atoms with Crippen LogP contribution in [0.5, 0.6) is 0 Å². The third kappa shape index (κ3) is 4.14. The van der Waals surface area contributed by atoms with Gasteiger partial charge in [-0.1, -0.05) is 24.3 Å². The monoisotopic (exact) mass is 285 g/mol. The lowest BCUT2D eigenvalue weighted by Gasteiger charge is -2.24. The second-order valence-electron chi connectivity index (χ2n) is 3.82. The van der Waals surface area contributed by atoms with Crippen molar-refractivity contribution in [3.63, 3.8) is 0 Å². The molecule has 0 bridgehead atoms. The van der Waals surface area contributed by atoms with Gasteiger partial charge in [-0.15, -0.1) is 6.58 Å². The minimum absolute atomic E-state index is 0.107. The number of benzene rings is 1. The SMILES string of the molecule is C=CCN(CC(OC)OC)S(=O)(=O)c1ccccc1. The van der Waals surface area contributed by atoms with Gasteiger partial charge in [0.25, 0.3) is 0 Å². The summed E-state index contributed by atoms with van der Waals surface area (Å²) in [5.74, 6) is 0. The molecule has 0 aliphatic rings. The van der Waals surface area contributed by atoms with Gasteiger partial charge in [-0.25, -0.2) is 8.42 Å². The second-order valence-corrected chi connectivity index (χ2v) is 5.76. The molecule has 106 valence electrons. The van der Waals surface area contributed by atoms with E-state index < -0.39 is 16.3 Å². The lowest BCUT2D eigenvalue weighted by atomic mass is 10.4. The van der Waals surface area contributed by atoms with Crippen molar-refractivity contribution in [2.75, 3.05) is 27.3 Å². The zero-order valence-electron chi connectivity index (χ0n) is 11.2. The summed E-state index contributed by atoms with van der Waals surface area (Å²) in [4.78, 5) is 0.239. The number of rotatable bonds is 8. The van der Waals surface area contributed by atoms with Crippen molar-refractivity contribution in [1.82, 2.24) is 4.31 Å². The molecular weight excluding hydrogens is 266 g/mol. The Hall–Kier alpha value is -1.21. The highest BCUT2D eigenvalue weighted by atomic mass is 32.2. The standard InChI is InChI=1S/C13H19NO4S/c1-4-10-14(11-13(17-2)18-3)19(15,16)12-8-6-5-7-9-12/h4-9,13H,1,10-11H2,2-3H3. The molecule has 19 heavy (non-hydrogen) atoms. The first-order valence-electron chi connectivity index (χ1n) is 5.78. The van der Waals surface area contributed by atoms with E-state index >= 15 is 0 Å². The van der Waals surface area contributed by atoms with Crippen LogP contribution in [0.25, 0.3) is 0 Å². The third-order valence-corrected chi connectivity index (χ3v) is 4.44. The van der Waals surface area contributed by atoms with Crippen LogP contribution in [0.4, 0.5) is 0 Å². The van der Waals surface area contributed by atoms with E-state index in [1.165, 1.54) is 24.6 Å². The highest BCUT2D eigenvalue weighted by Crippen LogP contribution is 2.16. The predicted octanol–water partition coefficient (Wildman–Crippen LogP) is 1.48. The van der Waals surface area contributed by atoms with Crippen LogP contribution in [0.3, 0.4) is 0 Å². The molecule has 0 N–H and O–H groups in total. The zero-order chi connectivity index (χ0) is 14.3. The molecule has 1 aromatic carbocycles. The Morgan fingerprint density at radius 3 is 2.32 bits per heavy atom. The van der Waals surface area contributed by atoms with Crippen molar-refractivity contribution < 1.29 is 17.9 Å².